The second-order valence-electron chi connectivity index (χ2n) is 3.95. The zero-order valence-electron chi connectivity index (χ0n) is 9.95. The van der Waals surface area contributed by atoms with E-state index < -0.39 is 0 Å². The third-order valence-corrected chi connectivity index (χ3v) is 3.16. The fraction of sp³-hybridized carbons (Fsp3) is 0.273. The Balaban J connectivity index is 2.41. The van der Waals surface area contributed by atoms with Crippen molar-refractivity contribution in [1.82, 2.24) is 15.2 Å². The third-order valence-electron chi connectivity index (χ3n) is 2.77. The summed E-state index contributed by atoms with van der Waals surface area (Å²) >= 11 is 6.16. The zero-order valence-corrected chi connectivity index (χ0v) is 10.7. The van der Waals surface area contributed by atoms with Crippen LogP contribution < -0.4 is 10.6 Å². The van der Waals surface area contributed by atoms with Gasteiger partial charge in [0.15, 0.2) is 0 Å². The van der Waals surface area contributed by atoms with Gasteiger partial charge in [0.2, 0.25) is 5.95 Å². The van der Waals surface area contributed by atoms with E-state index in [0.29, 0.717) is 11.9 Å². The van der Waals surface area contributed by atoms with E-state index in [1.807, 2.05) is 37.9 Å². The highest BCUT2D eigenvalue weighted by Crippen LogP contribution is 2.28. The summed E-state index contributed by atoms with van der Waals surface area (Å²) in [6.07, 6.45) is 0. The van der Waals surface area contributed by atoms with Crippen LogP contribution in [0.2, 0.25) is 5.02 Å². The van der Waals surface area contributed by atoms with Gasteiger partial charge >= 0.3 is 0 Å². The van der Waals surface area contributed by atoms with E-state index in [1.165, 1.54) is 0 Å². The van der Waals surface area contributed by atoms with Crippen LogP contribution in [0.3, 0.4) is 0 Å². The van der Waals surface area contributed by atoms with Crippen LogP contribution in [0.25, 0.3) is 0 Å². The molecule has 1 aromatic heterocycles. The smallest absolute Gasteiger partial charge is 0.250 e. The van der Waals surface area contributed by atoms with Crippen molar-refractivity contribution < 1.29 is 0 Å². The molecule has 0 atom stereocenters. The van der Waals surface area contributed by atoms with Gasteiger partial charge in [-0.2, -0.15) is 4.98 Å². The largest absolute Gasteiger partial charge is 0.368 e. The van der Waals surface area contributed by atoms with Crippen molar-refractivity contribution in [3.05, 3.63) is 28.3 Å². The van der Waals surface area contributed by atoms with Crippen LogP contribution in [-0.2, 0) is 0 Å². The van der Waals surface area contributed by atoms with Gasteiger partial charge in [-0.3, -0.25) is 0 Å². The number of nitrogen functional groups attached to an aromatic ring is 1. The molecule has 1 aromatic carbocycles. The summed E-state index contributed by atoms with van der Waals surface area (Å²) in [4.78, 5) is 5.89. The summed E-state index contributed by atoms with van der Waals surface area (Å²) in [5.74, 6) is 0.809. The minimum absolute atomic E-state index is 0.293. The summed E-state index contributed by atoms with van der Waals surface area (Å²) in [6.45, 7) is 4.01. The maximum atomic E-state index is 6.16. The number of halogens is 1. The Morgan fingerprint density at radius 2 is 2.06 bits per heavy atom. The lowest BCUT2D eigenvalue weighted by Gasteiger charge is -2.17. The van der Waals surface area contributed by atoms with Crippen LogP contribution >= 0.6 is 11.6 Å². The van der Waals surface area contributed by atoms with Crippen molar-refractivity contribution in [2.75, 3.05) is 17.7 Å². The van der Waals surface area contributed by atoms with Crippen molar-refractivity contribution in [1.29, 1.82) is 0 Å². The molecule has 0 radical (unpaired) electrons. The normalized spacial score (nSPS) is 10.6. The molecule has 0 saturated carbocycles. The Bertz CT molecular complexity index is 526. The third kappa shape index (κ3) is 2.19. The monoisotopic (exact) mass is 251 g/mol. The maximum Gasteiger partial charge on any atom is 0.250 e. The zero-order chi connectivity index (χ0) is 12.6. The Labute approximate surface area is 105 Å². The van der Waals surface area contributed by atoms with E-state index in [2.05, 4.69) is 15.2 Å². The number of nitrogens with two attached hydrogens (primary N) is 1. The highest BCUT2D eigenvalue weighted by atomic mass is 35.5. The number of aromatic amines is 1. The molecule has 2 rings (SSSR count). The van der Waals surface area contributed by atoms with Gasteiger partial charge in [0.05, 0.1) is 0 Å². The molecular weight excluding hydrogens is 238 g/mol. The number of aromatic nitrogens is 3. The van der Waals surface area contributed by atoms with Gasteiger partial charge in [0, 0.05) is 17.8 Å². The SMILES string of the molecule is Cc1cc(N(C)c2n[nH]c(N)n2)cc(Cl)c1C. The van der Waals surface area contributed by atoms with Gasteiger partial charge in [0.25, 0.3) is 5.95 Å². The molecule has 2 aromatic rings. The number of H-pyrrole nitrogens is 1. The van der Waals surface area contributed by atoms with E-state index in [-0.39, 0.29) is 0 Å². The highest BCUT2D eigenvalue weighted by molar-refractivity contribution is 6.31. The van der Waals surface area contributed by atoms with Gasteiger partial charge in [-0.25, -0.2) is 5.10 Å². The minimum atomic E-state index is 0.293. The molecule has 0 spiro atoms. The summed E-state index contributed by atoms with van der Waals surface area (Å²) in [5.41, 5.74) is 8.63. The van der Waals surface area contributed by atoms with Gasteiger partial charge < -0.3 is 10.6 Å². The van der Waals surface area contributed by atoms with Crippen LogP contribution in [0.1, 0.15) is 11.1 Å². The second-order valence-corrected chi connectivity index (χ2v) is 4.36. The van der Waals surface area contributed by atoms with Gasteiger partial charge in [-0.05, 0) is 37.1 Å². The summed E-state index contributed by atoms with van der Waals surface area (Å²) < 4.78 is 0. The molecule has 0 unspecified atom stereocenters. The molecule has 90 valence electrons. The molecule has 6 heteroatoms. The van der Waals surface area contributed by atoms with E-state index in [0.717, 1.165) is 21.8 Å². The van der Waals surface area contributed by atoms with Crippen molar-refractivity contribution in [3.63, 3.8) is 0 Å². The average Bonchev–Trinajstić information content (AvgIpc) is 2.71. The van der Waals surface area contributed by atoms with Crippen LogP contribution in [0.15, 0.2) is 12.1 Å². The van der Waals surface area contributed by atoms with E-state index in [9.17, 15) is 0 Å². The van der Waals surface area contributed by atoms with Crippen molar-refractivity contribution in [3.8, 4) is 0 Å². The Hall–Kier alpha value is -1.75. The Kier molecular flexibility index (Phi) is 2.93. The minimum Gasteiger partial charge on any atom is -0.368 e. The molecule has 0 saturated heterocycles. The summed E-state index contributed by atoms with van der Waals surface area (Å²) in [5, 5.41) is 7.33. The number of nitrogens with one attached hydrogen (secondary N) is 1. The number of nitrogens with zero attached hydrogens (tertiary/aromatic N) is 3. The van der Waals surface area contributed by atoms with E-state index >= 15 is 0 Å². The number of anilines is 3. The lowest BCUT2D eigenvalue weighted by molar-refractivity contribution is 1.03. The topological polar surface area (TPSA) is 70.8 Å². The quantitative estimate of drug-likeness (QED) is 0.860. The van der Waals surface area contributed by atoms with Crippen molar-refractivity contribution >= 4 is 29.2 Å². The van der Waals surface area contributed by atoms with Crippen LogP contribution in [0, 0.1) is 13.8 Å². The molecule has 17 heavy (non-hydrogen) atoms. The molecule has 0 bridgehead atoms. The first kappa shape index (κ1) is 11.7. The standard InChI is InChI=1S/C11H14ClN5/c1-6-4-8(5-9(12)7(6)2)17(3)11-14-10(13)15-16-11/h4-5H,1-3H3,(H3,13,14,15,16). The van der Waals surface area contributed by atoms with Crippen LogP contribution in [0.5, 0.6) is 0 Å². The lowest BCUT2D eigenvalue weighted by Crippen LogP contribution is -2.11. The van der Waals surface area contributed by atoms with Crippen LogP contribution in [0.4, 0.5) is 17.6 Å². The number of hydrogen-bond donors (Lipinski definition) is 2. The van der Waals surface area contributed by atoms with E-state index in [1.54, 1.807) is 0 Å². The van der Waals surface area contributed by atoms with Crippen molar-refractivity contribution in [2.24, 2.45) is 0 Å². The van der Waals surface area contributed by atoms with Gasteiger partial charge in [-0.15, -0.1) is 5.10 Å². The number of hydrogen-bond acceptors (Lipinski definition) is 4. The molecule has 0 aliphatic rings. The predicted molar refractivity (Wildman–Crippen MR) is 69.8 cm³/mol. The average molecular weight is 252 g/mol. The van der Waals surface area contributed by atoms with Crippen LogP contribution in [-0.4, -0.2) is 22.2 Å². The molecule has 5 nitrogen and oxygen atoms in total. The number of rotatable bonds is 2. The van der Waals surface area contributed by atoms with E-state index in [4.69, 9.17) is 17.3 Å². The molecule has 0 fully saturated rings. The predicted octanol–water partition coefficient (Wildman–Crippen LogP) is 2.43. The first-order valence-electron chi connectivity index (χ1n) is 5.17. The lowest BCUT2D eigenvalue weighted by atomic mass is 10.1. The number of aryl methyl sites for hydroxylation is 1. The highest BCUT2D eigenvalue weighted by Gasteiger charge is 2.11. The molecule has 0 aliphatic carbocycles. The molecule has 0 aliphatic heterocycles. The van der Waals surface area contributed by atoms with Gasteiger partial charge in [-0.1, -0.05) is 11.6 Å². The molecular formula is C11H14ClN5. The Morgan fingerprint density at radius 3 is 2.59 bits per heavy atom. The molecule has 0 amide bonds. The second kappa shape index (κ2) is 4.25. The summed E-state index contributed by atoms with van der Waals surface area (Å²) in [7, 11) is 1.86. The molecule has 3 N–H and O–H groups in total. The maximum absolute atomic E-state index is 6.16. The fourth-order valence-electron chi connectivity index (χ4n) is 1.52. The first-order valence-corrected chi connectivity index (χ1v) is 5.55. The fourth-order valence-corrected chi connectivity index (χ4v) is 1.78. The molecule has 1 heterocycles. The number of benzene rings is 1. The Morgan fingerprint density at radius 1 is 1.35 bits per heavy atom. The van der Waals surface area contributed by atoms with Crippen molar-refractivity contribution in [2.45, 2.75) is 13.8 Å². The van der Waals surface area contributed by atoms with Gasteiger partial charge in [0.1, 0.15) is 0 Å². The summed E-state index contributed by atoms with van der Waals surface area (Å²) in [6, 6.07) is 3.92. The first-order chi connectivity index (χ1) is 7.99.